The minimum absolute atomic E-state index is 0.0906. The summed E-state index contributed by atoms with van der Waals surface area (Å²) in [7, 11) is 0. The van der Waals surface area contributed by atoms with Crippen molar-refractivity contribution in [2.75, 3.05) is 0 Å². The predicted octanol–water partition coefficient (Wildman–Crippen LogP) is 3.74. The number of aryl methyl sites for hydroxylation is 1. The number of halogens is 1. The van der Waals surface area contributed by atoms with E-state index in [-0.39, 0.29) is 11.9 Å². The van der Waals surface area contributed by atoms with E-state index in [0.29, 0.717) is 5.58 Å². The smallest absolute Gasteiger partial charge is 0.134 e. The van der Waals surface area contributed by atoms with Crippen LogP contribution in [0.5, 0.6) is 0 Å². The minimum atomic E-state index is -0.262. The number of hydrazine groups is 1. The molecule has 1 heterocycles. The van der Waals surface area contributed by atoms with Crippen LogP contribution in [0.25, 0.3) is 11.0 Å². The minimum Gasteiger partial charge on any atom is -0.459 e. The molecular formula is C15H19FN2O. The first kappa shape index (κ1) is 13.8. The van der Waals surface area contributed by atoms with Crippen LogP contribution in [0.4, 0.5) is 4.39 Å². The zero-order valence-electron chi connectivity index (χ0n) is 11.3. The molecule has 0 fully saturated rings. The number of hydrogen-bond donors (Lipinski definition) is 2. The summed E-state index contributed by atoms with van der Waals surface area (Å²) < 4.78 is 19.1. The second-order valence-corrected chi connectivity index (χ2v) is 4.95. The van der Waals surface area contributed by atoms with E-state index in [1.54, 1.807) is 6.07 Å². The summed E-state index contributed by atoms with van der Waals surface area (Å²) in [6, 6.07) is 4.44. The summed E-state index contributed by atoms with van der Waals surface area (Å²) in [5.74, 6) is 6.10. The van der Waals surface area contributed by atoms with Crippen LogP contribution in [-0.4, -0.2) is 0 Å². The Labute approximate surface area is 112 Å². The molecule has 0 bridgehead atoms. The summed E-state index contributed by atoms with van der Waals surface area (Å²) in [5.41, 5.74) is 5.47. The van der Waals surface area contributed by atoms with Crippen molar-refractivity contribution < 1.29 is 8.81 Å². The topological polar surface area (TPSA) is 51.2 Å². The highest BCUT2D eigenvalue weighted by Gasteiger charge is 2.19. The molecule has 2 rings (SSSR count). The van der Waals surface area contributed by atoms with Crippen LogP contribution < -0.4 is 11.3 Å². The third kappa shape index (κ3) is 2.85. The third-order valence-electron chi connectivity index (χ3n) is 3.31. The fourth-order valence-electron chi connectivity index (χ4n) is 2.23. The first-order valence-electron chi connectivity index (χ1n) is 6.32. The van der Waals surface area contributed by atoms with E-state index in [4.69, 9.17) is 10.3 Å². The average Bonchev–Trinajstić information content (AvgIpc) is 2.68. The normalized spacial score (nSPS) is 12.8. The highest BCUT2D eigenvalue weighted by Crippen LogP contribution is 2.32. The maximum absolute atomic E-state index is 13.3. The van der Waals surface area contributed by atoms with Gasteiger partial charge in [0, 0.05) is 10.9 Å². The van der Waals surface area contributed by atoms with Gasteiger partial charge in [0.05, 0.1) is 6.04 Å². The van der Waals surface area contributed by atoms with Crippen molar-refractivity contribution in [3.05, 3.63) is 47.5 Å². The van der Waals surface area contributed by atoms with Gasteiger partial charge >= 0.3 is 0 Å². The molecule has 0 aliphatic carbocycles. The fraction of sp³-hybridized carbons (Fsp3) is 0.333. The van der Waals surface area contributed by atoms with Crippen LogP contribution in [0.3, 0.4) is 0 Å². The van der Waals surface area contributed by atoms with Crippen LogP contribution in [0, 0.1) is 12.7 Å². The van der Waals surface area contributed by atoms with Gasteiger partial charge in [0.1, 0.15) is 17.2 Å². The number of furan rings is 1. The summed E-state index contributed by atoms with van der Waals surface area (Å²) in [6.45, 7) is 7.79. The SMILES string of the molecule is C=C(C)CCC(NN)c1oc2ccc(F)cc2c1C. The van der Waals surface area contributed by atoms with Gasteiger partial charge in [0.15, 0.2) is 0 Å². The van der Waals surface area contributed by atoms with Gasteiger partial charge in [-0.1, -0.05) is 5.57 Å². The second kappa shape index (κ2) is 5.55. The molecular weight excluding hydrogens is 243 g/mol. The lowest BCUT2D eigenvalue weighted by Gasteiger charge is -2.14. The predicted molar refractivity (Wildman–Crippen MR) is 75.0 cm³/mol. The van der Waals surface area contributed by atoms with Gasteiger partial charge in [0.2, 0.25) is 0 Å². The Morgan fingerprint density at radius 2 is 2.26 bits per heavy atom. The van der Waals surface area contributed by atoms with Crippen LogP contribution in [-0.2, 0) is 0 Å². The van der Waals surface area contributed by atoms with E-state index in [2.05, 4.69) is 12.0 Å². The molecule has 2 aromatic rings. The van der Waals surface area contributed by atoms with E-state index < -0.39 is 0 Å². The lowest BCUT2D eigenvalue weighted by Crippen LogP contribution is -2.28. The molecule has 3 N–H and O–H groups in total. The number of rotatable bonds is 5. The molecule has 1 aromatic heterocycles. The Kier molecular flexibility index (Phi) is 4.02. The molecule has 0 saturated carbocycles. The maximum Gasteiger partial charge on any atom is 0.134 e. The summed E-state index contributed by atoms with van der Waals surface area (Å²) in [6.07, 6.45) is 1.66. The van der Waals surface area contributed by atoms with Crippen molar-refractivity contribution in [3.8, 4) is 0 Å². The quantitative estimate of drug-likeness (QED) is 0.490. The molecule has 1 atom stereocenters. The lowest BCUT2D eigenvalue weighted by molar-refractivity contribution is 0.414. The molecule has 1 unspecified atom stereocenters. The van der Waals surface area contributed by atoms with Crippen molar-refractivity contribution in [1.29, 1.82) is 0 Å². The zero-order chi connectivity index (χ0) is 14.0. The highest BCUT2D eigenvalue weighted by atomic mass is 19.1. The third-order valence-corrected chi connectivity index (χ3v) is 3.31. The van der Waals surface area contributed by atoms with Gasteiger partial charge in [-0.2, -0.15) is 0 Å². The Hall–Kier alpha value is -1.65. The summed E-state index contributed by atoms with van der Waals surface area (Å²) in [5, 5.41) is 0.797. The molecule has 0 spiro atoms. The van der Waals surface area contributed by atoms with Crippen LogP contribution in [0.2, 0.25) is 0 Å². The van der Waals surface area contributed by atoms with Gasteiger partial charge < -0.3 is 4.42 Å². The molecule has 3 nitrogen and oxygen atoms in total. The molecule has 102 valence electrons. The van der Waals surface area contributed by atoms with Crippen molar-refractivity contribution in [2.24, 2.45) is 5.84 Å². The molecule has 4 heteroatoms. The molecule has 1 aromatic carbocycles. The van der Waals surface area contributed by atoms with Gasteiger partial charge in [0.25, 0.3) is 0 Å². The van der Waals surface area contributed by atoms with E-state index in [0.717, 1.165) is 35.1 Å². The van der Waals surface area contributed by atoms with E-state index in [9.17, 15) is 4.39 Å². The molecule has 0 aliphatic rings. The summed E-state index contributed by atoms with van der Waals surface area (Å²) in [4.78, 5) is 0. The van der Waals surface area contributed by atoms with Gasteiger partial charge in [-0.3, -0.25) is 5.84 Å². The standard InChI is InChI=1S/C15H19FN2O/c1-9(2)4-6-13(18-17)15-10(3)12-8-11(16)5-7-14(12)19-15/h5,7-8,13,18H,1,4,6,17H2,2-3H3. The molecule has 0 aliphatic heterocycles. The van der Waals surface area contributed by atoms with Crippen LogP contribution >= 0.6 is 0 Å². The number of allylic oxidation sites excluding steroid dienone is 1. The largest absolute Gasteiger partial charge is 0.459 e. The average molecular weight is 262 g/mol. The van der Waals surface area contributed by atoms with Crippen LogP contribution in [0.1, 0.15) is 37.1 Å². The van der Waals surface area contributed by atoms with Crippen molar-refractivity contribution in [3.63, 3.8) is 0 Å². The lowest BCUT2D eigenvalue weighted by atomic mass is 10.0. The van der Waals surface area contributed by atoms with Crippen LogP contribution in [0.15, 0.2) is 34.8 Å². The zero-order valence-corrected chi connectivity index (χ0v) is 11.3. The summed E-state index contributed by atoms with van der Waals surface area (Å²) >= 11 is 0. The molecule has 19 heavy (non-hydrogen) atoms. The molecule has 0 saturated heterocycles. The Morgan fingerprint density at radius 1 is 1.53 bits per heavy atom. The van der Waals surface area contributed by atoms with Crippen molar-refractivity contribution in [1.82, 2.24) is 5.43 Å². The monoisotopic (exact) mass is 262 g/mol. The van der Waals surface area contributed by atoms with Crippen molar-refractivity contribution >= 4 is 11.0 Å². The van der Waals surface area contributed by atoms with Gasteiger partial charge in [-0.15, -0.1) is 6.58 Å². The Balaban J connectivity index is 2.37. The van der Waals surface area contributed by atoms with Gasteiger partial charge in [-0.05, 0) is 44.9 Å². The van der Waals surface area contributed by atoms with Gasteiger partial charge in [-0.25, -0.2) is 9.82 Å². The highest BCUT2D eigenvalue weighted by molar-refractivity contribution is 5.82. The van der Waals surface area contributed by atoms with E-state index in [1.165, 1.54) is 12.1 Å². The van der Waals surface area contributed by atoms with E-state index in [1.807, 2.05) is 13.8 Å². The Morgan fingerprint density at radius 3 is 2.89 bits per heavy atom. The first-order valence-corrected chi connectivity index (χ1v) is 6.32. The number of nitrogens with two attached hydrogens (primary N) is 1. The number of benzene rings is 1. The fourth-order valence-corrected chi connectivity index (χ4v) is 2.23. The molecule has 0 amide bonds. The maximum atomic E-state index is 13.3. The van der Waals surface area contributed by atoms with Crippen molar-refractivity contribution in [2.45, 2.75) is 32.7 Å². The molecule has 0 radical (unpaired) electrons. The number of nitrogens with one attached hydrogen (secondary N) is 1. The Bertz CT molecular complexity index is 603. The second-order valence-electron chi connectivity index (χ2n) is 4.95. The van der Waals surface area contributed by atoms with E-state index >= 15 is 0 Å². The number of fused-ring (bicyclic) bond motifs is 1. The number of hydrogen-bond acceptors (Lipinski definition) is 3. The first-order chi connectivity index (χ1) is 9.02.